The second-order valence-corrected chi connectivity index (χ2v) is 8.07. The monoisotopic (exact) mass is 496 g/mol. The van der Waals surface area contributed by atoms with Gasteiger partial charge in [0, 0.05) is 19.6 Å². The minimum atomic E-state index is -0.562. The lowest BCUT2D eigenvalue weighted by molar-refractivity contribution is -0.134. The second kappa shape index (κ2) is 22.0. The van der Waals surface area contributed by atoms with Gasteiger partial charge in [0.1, 0.15) is 5.60 Å². The molecule has 0 saturated carbocycles. The third-order valence-corrected chi connectivity index (χ3v) is 3.95. The first-order valence-corrected chi connectivity index (χ1v) is 11.6. The van der Waals surface area contributed by atoms with Crippen molar-refractivity contribution in [3.63, 3.8) is 0 Å². The van der Waals surface area contributed by atoms with E-state index in [1.165, 1.54) is 0 Å². The summed E-state index contributed by atoms with van der Waals surface area (Å²) in [5.41, 5.74) is -0.562. The molecule has 0 rings (SSSR count). The number of ether oxygens (including phenoxy) is 6. The molecule has 202 valence electrons. The Bertz CT molecular complexity index is 485. The number of amides is 2. The SMILES string of the molecule is CC(C)(C)OC(=O)NCCOCCC(=O)N(CCOCCOCCO)CCOCCOCCO. The average molecular weight is 497 g/mol. The number of alkyl carbamates (subject to hydrolysis) is 1. The van der Waals surface area contributed by atoms with Crippen LogP contribution < -0.4 is 5.32 Å². The first kappa shape index (κ1) is 32.5. The van der Waals surface area contributed by atoms with Crippen LogP contribution in [0.4, 0.5) is 4.79 Å². The summed E-state index contributed by atoms with van der Waals surface area (Å²) in [6, 6.07) is 0. The van der Waals surface area contributed by atoms with E-state index in [0.29, 0.717) is 52.7 Å². The lowest BCUT2D eigenvalue weighted by Crippen LogP contribution is -2.37. The Balaban J connectivity index is 4.15. The maximum Gasteiger partial charge on any atom is 0.407 e. The van der Waals surface area contributed by atoms with Crippen molar-refractivity contribution in [2.45, 2.75) is 32.8 Å². The standard InChI is InChI=1S/C22H44N2O10/c1-22(2,3)34-21(28)23-5-11-29-10-4-20(27)24(6-12-30-16-18-32-14-8-25)7-13-31-17-19-33-15-9-26/h25-26H,4-19H2,1-3H3,(H,23,28). The molecule has 3 N–H and O–H groups in total. The third-order valence-electron chi connectivity index (χ3n) is 3.95. The van der Waals surface area contributed by atoms with Crippen LogP contribution in [0.25, 0.3) is 0 Å². The predicted molar refractivity (Wildman–Crippen MR) is 124 cm³/mol. The van der Waals surface area contributed by atoms with E-state index in [2.05, 4.69) is 5.32 Å². The van der Waals surface area contributed by atoms with Crippen LogP contribution in [0.2, 0.25) is 0 Å². The highest BCUT2D eigenvalue weighted by Crippen LogP contribution is 2.06. The summed E-state index contributed by atoms with van der Waals surface area (Å²) in [7, 11) is 0. The summed E-state index contributed by atoms with van der Waals surface area (Å²) in [5.74, 6) is -0.0969. The molecule has 12 heteroatoms. The average Bonchev–Trinajstić information content (AvgIpc) is 2.77. The van der Waals surface area contributed by atoms with E-state index in [4.69, 9.17) is 38.6 Å². The highest BCUT2D eigenvalue weighted by molar-refractivity contribution is 5.76. The summed E-state index contributed by atoms with van der Waals surface area (Å²) in [5, 5.41) is 19.9. The molecule has 0 aromatic heterocycles. The van der Waals surface area contributed by atoms with Crippen LogP contribution in [0.5, 0.6) is 0 Å². The van der Waals surface area contributed by atoms with Crippen LogP contribution in [0.3, 0.4) is 0 Å². The molecule has 0 bridgehead atoms. The van der Waals surface area contributed by atoms with Crippen molar-refractivity contribution < 1.29 is 48.2 Å². The Morgan fingerprint density at radius 3 is 1.65 bits per heavy atom. The molecular formula is C22H44N2O10. The lowest BCUT2D eigenvalue weighted by Gasteiger charge is -2.23. The van der Waals surface area contributed by atoms with Gasteiger partial charge in [0.05, 0.1) is 85.7 Å². The fourth-order valence-electron chi connectivity index (χ4n) is 2.44. The molecule has 34 heavy (non-hydrogen) atoms. The second-order valence-electron chi connectivity index (χ2n) is 8.07. The van der Waals surface area contributed by atoms with Gasteiger partial charge in [0.15, 0.2) is 0 Å². The van der Waals surface area contributed by atoms with Gasteiger partial charge in [-0.1, -0.05) is 0 Å². The van der Waals surface area contributed by atoms with E-state index in [0.717, 1.165) is 0 Å². The summed E-state index contributed by atoms with van der Waals surface area (Å²) in [4.78, 5) is 25.8. The minimum absolute atomic E-state index is 0.0353. The van der Waals surface area contributed by atoms with E-state index in [1.54, 1.807) is 25.7 Å². The molecule has 0 aliphatic carbocycles. The van der Waals surface area contributed by atoms with Crippen molar-refractivity contribution in [2.75, 3.05) is 98.9 Å². The molecule has 0 spiro atoms. The number of nitrogens with zero attached hydrogens (tertiary/aromatic N) is 1. The van der Waals surface area contributed by atoms with Gasteiger partial charge in [-0.25, -0.2) is 4.79 Å². The molecule has 0 saturated heterocycles. The molecule has 0 atom stereocenters. The molecule has 0 aromatic carbocycles. The topological polar surface area (TPSA) is 145 Å². The molecule has 0 aliphatic heterocycles. The normalized spacial score (nSPS) is 11.4. The van der Waals surface area contributed by atoms with Crippen molar-refractivity contribution in [2.24, 2.45) is 0 Å². The Morgan fingerprint density at radius 1 is 0.706 bits per heavy atom. The number of rotatable bonds is 22. The molecule has 0 aromatic rings. The number of carbonyl (C=O) groups is 2. The number of carbonyl (C=O) groups excluding carboxylic acids is 2. The van der Waals surface area contributed by atoms with Crippen molar-refractivity contribution in [1.82, 2.24) is 10.2 Å². The predicted octanol–water partition coefficient (Wildman–Crippen LogP) is -0.203. The zero-order valence-electron chi connectivity index (χ0n) is 20.9. The van der Waals surface area contributed by atoms with Crippen LogP contribution in [0.1, 0.15) is 27.2 Å². The van der Waals surface area contributed by atoms with E-state index < -0.39 is 11.7 Å². The lowest BCUT2D eigenvalue weighted by atomic mass is 10.2. The third kappa shape index (κ3) is 22.3. The van der Waals surface area contributed by atoms with Crippen LogP contribution in [0.15, 0.2) is 0 Å². The van der Waals surface area contributed by atoms with Gasteiger partial charge in [0.2, 0.25) is 5.91 Å². The summed E-state index contributed by atoms with van der Waals surface area (Å²) >= 11 is 0. The zero-order chi connectivity index (χ0) is 25.5. The molecule has 0 unspecified atom stereocenters. The highest BCUT2D eigenvalue weighted by Gasteiger charge is 2.16. The van der Waals surface area contributed by atoms with E-state index in [-0.39, 0.29) is 58.5 Å². The van der Waals surface area contributed by atoms with Gasteiger partial charge in [0.25, 0.3) is 0 Å². The summed E-state index contributed by atoms with van der Waals surface area (Å²) in [6.45, 7) is 9.53. The maximum atomic E-state index is 12.6. The van der Waals surface area contributed by atoms with Crippen molar-refractivity contribution in [3.05, 3.63) is 0 Å². The smallest absolute Gasteiger partial charge is 0.407 e. The molecule has 0 radical (unpaired) electrons. The minimum Gasteiger partial charge on any atom is -0.444 e. The van der Waals surface area contributed by atoms with Gasteiger partial charge >= 0.3 is 6.09 Å². The van der Waals surface area contributed by atoms with Crippen LogP contribution in [-0.2, 0) is 33.2 Å². The first-order chi connectivity index (χ1) is 16.3. The van der Waals surface area contributed by atoms with Crippen molar-refractivity contribution >= 4 is 12.0 Å². The number of aliphatic hydroxyl groups excluding tert-OH is 2. The number of aliphatic hydroxyl groups is 2. The van der Waals surface area contributed by atoms with Crippen molar-refractivity contribution in [3.8, 4) is 0 Å². The van der Waals surface area contributed by atoms with Gasteiger partial charge in [-0.3, -0.25) is 4.79 Å². The Morgan fingerprint density at radius 2 is 1.18 bits per heavy atom. The Kier molecular flexibility index (Phi) is 21.0. The van der Waals surface area contributed by atoms with Gasteiger partial charge in [-0.05, 0) is 20.8 Å². The van der Waals surface area contributed by atoms with Crippen LogP contribution in [-0.4, -0.2) is 132 Å². The molecule has 2 amide bonds. The molecule has 12 nitrogen and oxygen atoms in total. The summed E-state index contributed by atoms with van der Waals surface area (Å²) < 4.78 is 31.8. The highest BCUT2D eigenvalue weighted by atomic mass is 16.6. The van der Waals surface area contributed by atoms with Gasteiger partial charge in [-0.15, -0.1) is 0 Å². The van der Waals surface area contributed by atoms with E-state index >= 15 is 0 Å². The molecule has 0 fully saturated rings. The Hall–Kier alpha value is -1.54. The summed E-state index contributed by atoms with van der Waals surface area (Å²) in [6.07, 6.45) is -0.326. The van der Waals surface area contributed by atoms with Crippen LogP contribution >= 0.6 is 0 Å². The Labute approximate surface area is 202 Å². The molecule has 0 aliphatic rings. The zero-order valence-corrected chi connectivity index (χ0v) is 20.9. The maximum absolute atomic E-state index is 12.6. The fraction of sp³-hybridized carbons (Fsp3) is 0.909. The van der Waals surface area contributed by atoms with Crippen molar-refractivity contribution in [1.29, 1.82) is 0 Å². The van der Waals surface area contributed by atoms with E-state index in [9.17, 15) is 9.59 Å². The fourth-order valence-corrected chi connectivity index (χ4v) is 2.44. The largest absolute Gasteiger partial charge is 0.444 e. The molecular weight excluding hydrogens is 452 g/mol. The number of hydrogen-bond donors (Lipinski definition) is 3. The first-order valence-electron chi connectivity index (χ1n) is 11.6. The quantitative estimate of drug-likeness (QED) is 0.172. The number of nitrogens with one attached hydrogen (secondary N) is 1. The number of hydrogen-bond acceptors (Lipinski definition) is 10. The van der Waals surface area contributed by atoms with Gasteiger partial charge < -0.3 is 48.9 Å². The van der Waals surface area contributed by atoms with Gasteiger partial charge in [-0.2, -0.15) is 0 Å². The van der Waals surface area contributed by atoms with Crippen LogP contribution in [0, 0.1) is 0 Å². The van der Waals surface area contributed by atoms with E-state index in [1.807, 2.05) is 0 Å². The molecule has 0 heterocycles.